The molecule has 2 rings (SSSR count). The van der Waals surface area contributed by atoms with Crippen LogP contribution >= 0.6 is 11.3 Å². The quantitative estimate of drug-likeness (QED) is 0.827. The first-order valence-corrected chi connectivity index (χ1v) is 7.58. The van der Waals surface area contributed by atoms with E-state index in [-0.39, 0.29) is 6.61 Å². The molecule has 0 radical (unpaired) electrons. The van der Waals surface area contributed by atoms with Crippen molar-refractivity contribution in [3.63, 3.8) is 0 Å². The second-order valence-corrected chi connectivity index (χ2v) is 6.32. The van der Waals surface area contributed by atoms with Gasteiger partial charge in [-0.2, -0.15) is 0 Å². The minimum Gasteiger partial charge on any atom is -0.389 e. The standard InChI is InChI=1S/C15H21NO2S/c1-16(12-15(18)7-2-3-8-15)11-14-13(5-4-9-17)6-10-19-14/h6,10,17-18H,2-3,7-9,11-12H2,1H3. The number of hydrogen-bond acceptors (Lipinski definition) is 4. The van der Waals surface area contributed by atoms with Crippen molar-refractivity contribution in [2.24, 2.45) is 0 Å². The van der Waals surface area contributed by atoms with Crippen molar-refractivity contribution < 1.29 is 10.2 Å². The Morgan fingerprint density at radius 3 is 2.84 bits per heavy atom. The van der Waals surface area contributed by atoms with Crippen LogP contribution in [0.4, 0.5) is 0 Å². The maximum absolute atomic E-state index is 10.4. The van der Waals surface area contributed by atoms with Gasteiger partial charge in [-0.1, -0.05) is 24.7 Å². The molecule has 2 N–H and O–H groups in total. The monoisotopic (exact) mass is 279 g/mol. The van der Waals surface area contributed by atoms with Crippen molar-refractivity contribution in [1.29, 1.82) is 0 Å². The predicted molar refractivity (Wildman–Crippen MR) is 78.0 cm³/mol. The Bertz CT molecular complexity index is 466. The second kappa shape index (κ2) is 6.53. The summed E-state index contributed by atoms with van der Waals surface area (Å²) < 4.78 is 0. The van der Waals surface area contributed by atoms with Crippen LogP contribution in [-0.2, 0) is 6.54 Å². The lowest BCUT2D eigenvalue weighted by Gasteiger charge is -2.28. The molecule has 1 heterocycles. The largest absolute Gasteiger partial charge is 0.389 e. The average molecular weight is 279 g/mol. The van der Waals surface area contributed by atoms with Gasteiger partial charge in [0, 0.05) is 23.5 Å². The van der Waals surface area contributed by atoms with Gasteiger partial charge in [0.15, 0.2) is 0 Å². The van der Waals surface area contributed by atoms with Crippen LogP contribution in [0.2, 0.25) is 0 Å². The molecule has 0 aromatic carbocycles. The van der Waals surface area contributed by atoms with E-state index in [1.54, 1.807) is 11.3 Å². The molecule has 1 aromatic heterocycles. The summed E-state index contributed by atoms with van der Waals surface area (Å²) in [7, 11) is 2.04. The highest BCUT2D eigenvalue weighted by molar-refractivity contribution is 7.10. The van der Waals surface area contributed by atoms with Gasteiger partial charge >= 0.3 is 0 Å². The number of rotatable bonds is 4. The van der Waals surface area contributed by atoms with Gasteiger partial charge in [-0.15, -0.1) is 11.3 Å². The Labute approximate surface area is 118 Å². The normalized spacial score (nSPS) is 17.5. The third kappa shape index (κ3) is 4.05. The summed E-state index contributed by atoms with van der Waals surface area (Å²) in [4.78, 5) is 3.37. The number of nitrogens with zero attached hydrogens (tertiary/aromatic N) is 1. The summed E-state index contributed by atoms with van der Waals surface area (Å²) in [5.74, 6) is 5.66. The molecule has 0 saturated heterocycles. The van der Waals surface area contributed by atoms with Crippen molar-refractivity contribution in [2.75, 3.05) is 20.2 Å². The van der Waals surface area contributed by atoms with Crippen molar-refractivity contribution in [3.8, 4) is 11.8 Å². The summed E-state index contributed by atoms with van der Waals surface area (Å²) in [5, 5.41) is 21.2. The van der Waals surface area contributed by atoms with Crippen LogP contribution in [0.3, 0.4) is 0 Å². The summed E-state index contributed by atoms with van der Waals surface area (Å²) >= 11 is 1.68. The molecule has 0 aliphatic heterocycles. The SMILES string of the molecule is CN(Cc1sccc1C#CCO)CC1(O)CCCC1. The number of likely N-dealkylation sites (N-methyl/N-ethyl adjacent to an activating group) is 1. The smallest absolute Gasteiger partial charge is 0.104 e. The lowest BCUT2D eigenvalue weighted by molar-refractivity contribution is 0.0147. The topological polar surface area (TPSA) is 43.7 Å². The molecule has 1 fully saturated rings. The van der Waals surface area contributed by atoms with Gasteiger partial charge in [-0.05, 0) is 31.3 Å². The molecule has 0 amide bonds. The molecule has 104 valence electrons. The van der Waals surface area contributed by atoms with E-state index in [0.717, 1.165) is 44.3 Å². The maximum atomic E-state index is 10.4. The van der Waals surface area contributed by atoms with Crippen LogP contribution in [0.15, 0.2) is 11.4 Å². The van der Waals surface area contributed by atoms with E-state index in [1.165, 1.54) is 4.88 Å². The van der Waals surface area contributed by atoms with Crippen LogP contribution < -0.4 is 0 Å². The molecule has 19 heavy (non-hydrogen) atoms. The van der Waals surface area contributed by atoms with Crippen molar-refractivity contribution in [2.45, 2.75) is 37.8 Å². The zero-order chi connectivity index (χ0) is 13.7. The minimum atomic E-state index is -0.497. The molecule has 1 aliphatic rings. The number of aliphatic hydroxyl groups excluding tert-OH is 1. The Morgan fingerprint density at radius 2 is 2.16 bits per heavy atom. The highest BCUT2D eigenvalue weighted by Crippen LogP contribution is 2.30. The van der Waals surface area contributed by atoms with Gasteiger partial charge in [0.1, 0.15) is 6.61 Å². The fourth-order valence-corrected chi connectivity index (χ4v) is 3.61. The van der Waals surface area contributed by atoms with Crippen molar-refractivity contribution >= 4 is 11.3 Å². The lowest BCUT2D eigenvalue weighted by Crippen LogP contribution is -2.38. The lowest BCUT2D eigenvalue weighted by atomic mass is 10.0. The molecule has 3 nitrogen and oxygen atoms in total. The van der Waals surface area contributed by atoms with Crippen LogP contribution in [0.5, 0.6) is 0 Å². The molecule has 0 spiro atoms. The average Bonchev–Trinajstić information content (AvgIpc) is 2.96. The van der Waals surface area contributed by atoms with Crippen molar-refractivity contribution in [3.05, 3.63) is 21.9 Å². The maximum Gasteiger partial charge on any atom is 0.104 e. The molecule has 1 saturated carbocycles. The van der Waals surface area contributed by atoms with Crippen LogP contribution in [0.25, 0.3) is 0 Å². The summed E-state index contributed by atoms with van der Waals surface area (Å²) in [5.41, 5.74) is 0.493. The van der Waals surface area contributed by atoms with E-state index >= 15 is 0 Å². The van der Waals surface area contributed by atoms with E-state index in [4.69, 9.17) is 5.11 Å². The van der Waals surface area contributed by atoms with Gasteiger partial charge in [0.05, 0.1) is 5.60 Å². The third-order valence-electron chi connectivity index (χ3n) is 3.56. The Hall–Kier alpha value is -0.860. The van der Waals surface area contributed by atoms with Gasteiger partial charge in [0.2, 0.25) is 0 Å². The number of hydrogen-bond donors (Lipinski definition) is 2. The van der Waals surface area contributed by atoms with E-state index in [2.05, 4.69) is 16.7 Å². The van der Waals surface area contributed by atoms with E-state index < -0.39 is 5.60 Å². The zero-order valence-corrected chi connectivity index (χ0v) is 12.2. The Kier molecular flexibility index (Phi) is 5.00. The highest BCUT2D eigenvalue weighted by atomic mass is 32.1. The van der Waals surface area contributed by atoms with E-state index in [1.807, 2.05) is 18.5 Å². The first-order valence-electron chi connectivity index (χ1n) is 6.70. The van der Waals surface area contributed by atoms with Gasteiger partial charge in [-0.3, -0.25) is 4.90 Å². The van der Waals surface area contributed by atoms with E-state index in [9.17, 15) is 5.11 Å². The van der Waals surface area contributed by atoms with Gasteiger partial charge in [-0.25, -0.2) is 0 Å². The van der Waals surface area contributed by atoms with E-state index in [0.29, 0.717) is 0 Å². The fraction of sp³-hybridized carbons (Fsp3) is 0.600. The Balaban J connectivity index is 1.95. The molecule has 4 heteroatoms. The van der Waals surface area contributed by atoms with Crippen LogP contribution in [0, 0.1) is 11.8 Å². The minimum absolute atomic E-state index is 0.106. The first-order chi connectivity index (χ1) is 9.13. The molecular weight excluding hydrogens is 258 g/mol. The zero-order valence-electron chi connectivity index (χ0n) is 11.4. The van der Waals surface area contributed by atoms with Crippen LogP contribution in [0.1, 0.15) is 36.1 Å². The molecule has 0 atom stereocenters. The van der Waals surface area contributed by atoms with Crippen molar-refractivity contribution in [1.82, 2.24) is 4.90 Å². The molecule has 0 unspecified atom stereocenters. The summed E-state index contributed by atoms with van der Waals surface area (Å²) in [6.07, 6.45) is 4.10. The molecule has 1 aromatic rings. The van der Waals surface area contributed by atoms with Gasteiger partial charge in [0.25, 0.3) is 0 Å². The predicted octanol–water partition coefficient (Wildman–Crippen LogP) is 1.83. The number of aliphatic hydroxyl groups is 2. The van der Waals surface area contributed by atoms with Crippen LogP contribution in [-0.4, -0.2) is 40.9 Å². The van der Waals surface area contributed by atoms with Gasteiger partial charge < -0.3 is 10.2 Å². The summed E-state index contributed by atoms with van der Waals surface area (Å²) in [6.45, 7) is 1.41. The molecule has 0 bridgehead atoms. The fourth-order valence-electron chi connectivity index (χ4n) is 2.70. The third-order valence-corrected chi connectivity index (χ3v) is 4.47. The second-order valence-electron chi connectivity index (χ2n) is 5.32. The highest BCUT2D eigenvalue weighted by Gasteiger charge is 2.32. The first kappa shape index (κ1) is 14.5. The Morgan fingerprint density at radius 1 is 1.42 bits per heavy atom. The summed E-state index contributed by atoms with van der Waals surface area (Å²) in [6, 6.07) is 1.99. The molecule has 1 aliphatic carbocycles. The molecular formula is C15H21NO2S. The number of thiophene rings is 1.